The summed E-state index contributed by atoms with van der Waals surface area (Å²) in [6.45, 7) is 1.41. The van der Waals surface area contributed by atoms with Crippen molar-refractivity contribution in [1.82, 2.24) is 10.3 Å². The summed E-state index contributed by atoms with van der Waals surface area (Å²) in [7, 11) is 0. The third-order valence-corrected chi connectivity index (χ3v) is 3.62. The lowest BCUT2D eigenvalue weighted by atomic mass is 10.2. The molecular weight excluding hydrogens is 355 g/mol. The topological polar surface area (TPSA) is 38.1 Å². The molecule has 0 amide bonds. The minimum Gasteiger partial charge on any atom is -0.460 e. The standard InChI is InChI=1S/C17H14Cl2N2O.ClH/c18-14-7-13(8-15(19)9-14)17-2-1-16(22-17)11-21-10-12-3-5-20-6-4-12;/h1-9,21H,10-11H2;1H. The fraction of sp³-hybridized carbons (Fsp3) is 0.118. The van der Waals surface area contributed by atoms with E-state index in [1.807, 2.05) is 36.4 Å². The first-order chi connectivity index (χ1) is 10.7. The average Bonchev–Trinajstić information content (AvgIpc) is 2.96. The second-order valence-corrected chi connectivity index (χ2v) is 5.76. The molecule has 2 heterocycles. The van der Waals surface area contributed by atoms with E-state index in [0.29, 0.717) is 16.6 Å². The van der Waals surface area contributed by atoms with Crippen LogP contribution >= 0.6 is 35.6 Å². The van der Waals surface area contributed by atoms with Gasteiger partial charge in [-0.25, -0.2) is 0 Å². The van der Waals surface area contributed by atoms with Gasteiger partial charge in [0.15, 0.2) is 0 Å². The quantitative estimate of drug-likeness (QED) is 0.658. The summed E-state index contributed by atoms with van der Waals surface area (Å²) < 4.78 is 5.83. The van der Waals surface area contributed by atoms with Gasteiger partial charge in [0.1, 0.15) is 11.5 Å². The predicted octanol–water partition coefficient (Wildman–Crippen LogP) is 5.36. The van der Waals surface area contributed by atoms with E-state index < -0.39 is 0 Å². The third-order valence-electron chi connectivity index (χ3n) is 3.19. The number of furan rings is 1. The van der Waals surface area contributed by atoms with Crippen LogP contribution in [-0.4, -0.2) is 4.98 Å². The average molecular weight is 370 g/mol. The Kier molecular flexibility index (Phi) is 6.48. The molecule has 0 aliphatic carbocycles. The molecule has 0 saturated carbocycles. The second kappa shape index (κ2) is 8.37. The van der Waals surface area contributed by atoms with Gasteiger partial charge in [0.25, 0.3) is 0 Å². The van der Waals surface area contributed by atoms with E-state index in [-0.39, 0.29) is 12.4 Å². The maximum atomic E-state index is 6.01. The van der Waals surface area contributed by atoms with Crippen LogP contribution in [0.2, 0.25) is 10.0 Å². The number of aromatic nitrogens is 1. The molecule has 0 aliphatic rings. The fourth-order valence-electron chi connectivity index (χ4n) is 2.15. The van der Waals surface area contributed by atoms with Gasteiger partial charge >= 0.3 is 0 Å². The van der Waals surface area contributed by atoms with E-state index >= 15 is 0 Å². The number of benzene rings is 1. The molecule has 0 atom stereocenters. The summed E-state index contributed by atoms with van der Waals surface area (Å²) in [5.74, 6) is 1.62. The van der Waals surface area contributed by atoms with Gasteiger partial charge in [-0.3, -0.25) is 4.98 Å². The molecule has 0 radical (unpaired) electrons. The van der Waals surface area contributed by atoms with Crippen molar-refractivity contribution in [1.29, 1.82) is 0 Å². The Morgan fingerprint density at radius 3 is 2.30 bits per heavy atom. The molecule has 23 heavy (non-hydrogen) atoms. The summed E-state index contributed by atoms with van der Waals surface area (Å²) in [6.07, 6.45) is 3.57. The molecule has 0 unspecified atom stereocenters. The van der Waals surface area contributed by atoms with Crippen molar-refractivity contribution in [3.63, 3.8) is 0 Å². The zero-order chi connectivity index (χ0) is 15.4. The maximum Gasteiger partial charge on any atom is 0.134 e. The molecule has 0 bridgehead atoms. The third kappa shape index (κ3) is 4.98. The van der Waals surface area contributed by atoms with Crippen molar-refractivity contribution in [2.75, 3.05) is 0 Å². The minimum absolute atomic E-state index is 0. The Morgan fingerprint density at radius 2 is 1.61 bits per heavy atom. The molecule has 6 heteroatoms. The first-order valence-corrected chi connectivity index (χ1v) is 7.61. The van der Waals surface area contributed by atoms with E-state index in [0.717, 1.165) is 23.6 Å². The Morgan fingerprint density at radius 1 is 0.913 bits per heavy atom. The molecule has 3 rings (SSSR count). The first-order valence-electron chi connectivity index (χ1n) is 6.85. The van der Waals surface area contributed by atoms with Crippen LogP contribution in [0.3, 0.4) is 0 Å². The van der Waals surface area contributed by atoms with E-state index in [1.54, 1.807) is 18.5 Å². The van der Waals surface area contributed by atoms with Crippen LogP contribution in [0.5, 0.6) is 0 Å². The monoisotopic (exact) mass is 368 g/mol. The lowest BCUT2D eigenvalue weighted by Gasteiger charge is -2.03. The van der Waals surface area contributed by atoms with E-state index in [9.17, 15) is 0 Å². The molecule has 2 aromatic heterocycles. The van der Waals surface area contributed by atoms with Crippen LogP contribution < -0.4 is 5.32 Å². The first kappa shape index (κ1) is 17.8. The van der Waals surface area contributed by atoms with Gasteiger partial charge in [0.05, 0.1) is 6.54 Å². The van der Waals surface area contributed by atoms with Gasteiger partial charge in [0.2, 0.25) is 0 Å². The number of halogens is 3. The zero-order valence-electron chi connectivity index (χ0n) is 12.1. The molecule has 1 N–H and O–H groups in total. The smallest absolute Gasteiger partial charge is 0.134 e. The molecule has 0 saturated heterocycles. The highest BCUT2D eigenvalue weighted by molar-refractivity contribution is 6.35. The minimum atomic E-state index is 0. The number of nitrogens with one attached hydrogen (secondary N) is 1. The van der Waals surface area contributed by atoms with Crippen LogP contribution in [0.15, 0.2) is 59.3 Å². The molecule has 0 aliphatic heterocycles. The van der Waals surface area contributed by atoms with Crippen LogP contribution in [0, 0.1) is 0 Å². The van der Waals surface area contributed by atoms with Crippen molar-refractivity contribution in [2.45, 2.75) is 13.1 Å². The molecule has 120 valence electrons. The molecule has 1 aromatic carbocycles. The van der Waals surface area contributed by atoms with Crippen molar-refractivity contribution in [3.05, 3.63) is 76.2 Å². The predicted molar refractivity (Wildman–Crippen MR) is 96.2 cm³/mol. The van der Waals surface area contributed by atoms with Gasteiger partial charge in [-0.05, 0) is 48.0 Å². The number of nitrogens with zero attached hydrogens (tertiary/aromatic N) is 1. The number of pyridine rings is 1. The Bertz CT molecular complexity index is 739. The van der Waals surface area contributed by atoms with E-state index in [2.05, 4.69) is 10.3 Å². The van der Waals surface area contributed by atoms with Gasteiger partial charge in [-0.15, -0.1) is 12.4 Å². The summed E-state index contributed by atoms with van der Waals surface area (Å²) in [6, 6.07) is 13.2. The van der Waals surface area contributed by atoms with Crippen LogP contribution in [0.4, 0.5) is 0 Å². The number of hydrogen-bond acceptors (Lipinski definition) is 3. The lowest BCUT2D eigenvalue weighted by Crippen LogP contribution is -2.11. The molecule has 0 fully saturated rings. The summed E-state index contributed by atoms with van der Waals surface area (Å²) in [5.41, 5.74) is 2.06. The Labute approximate surface area is 151 Å². The SMILES string of the molecule is Cl.Clc1cc(Cl)cc(-c2ccc(CNCc3ccncc3)o2)c1. The van der Waals surface area contributed by atoms with Gasteiger partial charge in [-0.2, -0.15) is 0 Å². The van der Waals surface area contributed by atoms with Crippen molar-refractivity contribution < 1.29 is 4.42 Å². The van der Waals surface area contributed by atoms with E-state index in [1.165, 1.54) is 5.56 Å². The van der Waals surface area contributed by atoms with E-state index in [4.69, 9.17) is 27.6 Å². The van der Waals surface area contributed by atoms with Crippen molar-refractivity contribution >= 4 is 35.6 Å². The van der Waals surface area contributed by atoms with Gasteiger partial charge < -0.3 is 9.73 Å². The highest BCUT2D eigenvalue weighted by atomic mass is 35.5. The fourth-order valence-corrected chi connectivity index (χ4v) is 2.68. The maximum absolute atomic E-state index is 6.01. The number of rotatable bonds is 5. The second-order valence-electron chi connectivity index (χ2n) is 4.88. The highest BCUT2D eigenvalue weighted by Crippen LogP contribution is 2.28. The largest absolute Gasteiger partial charge is 0.460 e. The summed E-state index contributed by atoms with van der Waals surface area (Å²) in [5, 5.41) is 4.52. The summed E-state index contributed by atoms with van der Waals surface area (Å²) >= 11 is 12.0. The lowest BCUT2D eigenvalue weighted by molar-refractivity contribution is 0.493. The molecule has 0 spiro atoms. The molecule has 3 aromatic rings. The van der Waals surface area contributed by atoms with Crippen molar-refractivity contribution in [3.8, 4) is 11.3 Å². The molecule has 3 nitrogen and oxygen atoms in total. The zero-order valence-corrected chi connectivity index (χ0v) is 14.5. The van der Waals surface area contributed by atoms with Crippen LogP contribution in [0.25, 0.3) is 11.3 Å². The van der Waals surface area contributed by atoms with Crippen LogP contribution in [-0.2, 0) is 13.1 Å². The Balaban J connectivity index is 0.00000192. The highest BCUT2D eigenvalue weighted by Gasteiger charge is 2.07. The van der Waals surface area contributed by atoms with Crippen LogP contribution in [0.1, 0.15) is 11.3 Å². The number of hydrogen-bond donors (Lipinski definition) is 1. The van der Waals surface area contributed by atoms with Crippen molar-refractivity contribution in [2.24, 2.45) is 0 Å². The Hall–Kier alpha value is -1.52. The van der Waals surface area contributed by atoms with Gasteiger partial charge in [0, 0.05) is 34.5 Å². The normalized spacial score (nSPS) is 10.3. The van der Waals surface area contributed by atoms with Gasteiger partial charge in [-0.1, -0.05) is 23.2 Å². The summed E-state index contributed by atoms with van der Waals surface area (Å²) in [4.78, 5) is 3.99. The molecular formula is C17H15Cl3N2O.